The molecule has 0 unspecified atom stereocenters. The molecule has 0 saturated heterocycles. The molecular weight excluding hydrogens is 375 g/mol. The number of benzene rings is 2. The summed E-state index contributed by atoms with van der Waals surface area (Å²) in [5, 5.41) is 8.72. The van der Waals surface area contributed by atoms with Gasteiger partial charge in [0.1, 0.15) is 17.6 Å². The van der Waals surface area contributed by atoms with Gasteiger partial charge >= 0.3 is 6.11 Å². The molecule has 0 heterocycles. The van der Waals surface area contributed by atoms with Crippen LogP contribution in [0.2, 0.25) is 0 Å². The average molecular weight is 399 g/mol. The Morgan fingerprint density at radius 1 is 1.10 bits per heavy atom. The number of alkyl halides is 2. The van der Waals surface area contributed by atoms with Gasteiger partial charge in [0.15, 0.2) is 0 Å². The third-order valence-corrected chi connectivity index (χ3v) is 5.58. The summed E-state index contributed by atoms with van der Waals surface area (Å²) in [4.78, 5) is 0. The van der Waals surface area contributed by atoms with E-state index in [1.165, 1.54) is 12.1 Å². The fraction of sp³-hybridized carbons (Fsp3) is 0.375. The van der Waals surface area contributed by atoms with E-state index in [-0.39, 0.29) is 16.9 Å². The molecule has 152 valence electrons. The highest BCUT2D eigenvalue weighted by atomic mass is 19.3. The molecule has 0 aromatic heterocycles. The Hall–Kier alpha value is -2.74. The quantitative estimate of drug-likeness (QED) is 0.487. The molecule has 1 saturated carbocycles. The highest BCUT2D eigenvalue weighted by molar-refractivity contribution is 5.37. The fourth-order valence-corrected chi connectivity index (χ4v) is 3.87. The molecule has 1 fully saturated rings. The standard InChI is InChI=1S/C24H24F3NO/c1-2-3-4-17-5-7-18(8-6-17)19-9-12-21(13-10-19)24(26,27)29-22-14-11-20(16-28)23(25)15-22/h2-3,9-15,17-18H,4-8H2,1H3/b3-2+. The monoisotopic (exact) mass is 399 g/mol. The Bertz CT molecular complexity index is 891. The van der Waals surface area contributed by atoms with Gasteiger partial charge < -0.3 is 4.74 Å². The van der Waals surface area contributed by atoms with Crippen molar-refractivity contribution in [2.75, 3.05) is 0 Å². The van der Waals surface area contributed by atoms with Gasteiger partial charge in [-0.2, -0.15) is 14.0 Å². The SMILES string of the molecule is C/C=C/CC1CCC(c2ccc(C(F)(F)Oc3ccc(C#N)c(F)c3)cc2)CC1. The van der Waals surface area contributed by atoms with E-state index in [2.05, 4.69) is 12.2 Å². The molecule has 0 spiro atoms. The molecule has 1 aliphatic rings. The van der Waals surface area contributed by atoms with Gasteiger partial charge in [-0.1, -0.05) is 24.3 Å². The summed E-state index contributed by atoms with van der Waals surface area (Å²) in [6, 6.07) is 11.0. The topological polar surface area (TPSA) is 33.0 Å². The van der Waals surface area contributed by atoms with Gasteiger partial charge in [0.2, 0.25) is 0 Å². The van der Waals surface area contributed by atoms with E-state index in [1.54, 1.807) is 18.2 Å². The van der Waals surface area contributed by atoms with Gasteiger partial charge in [-0.3, -0.25) is 0 Å². The van der Waals surface area contributed by atoms with E-state index in [0.717, 1.165) is 55.9 Å². The van der Waals surface area contributed by atoms with Crippen LogP contribution in [-0.2, 0) is 6.11 Å². The van der Waals surface area contributed by atoms with Crippen LogP contribution in [0.1, 0.15) is 61.6 Å². The summed E-state index contributed by atoms with van der Waals surface area (Å²) >= 11 is 0. The molecule has 1 aliphatic carbocycles. The molecule has 2 nitrogen and oxygen atoms in total. The van der Waals surface area contributed by atoms with E-state index in [0.29, 0.717) is 11.8 Å². The first-order valence-corrected chi connectivity index (χ1v) is 9.91. The summed E-state index contributed by atoms with van der Waals surface area (Å²) in [5.41, 5.74) is 0.566. The van der Waals surface area contributed by atoms with E-state index in [1.807, 2.05) is 6.92 Å². The van der Waals surface area contributed by atoms with Gasteiger partial charge in [0.25, 0.3) is 0 Å². The minimum atomic E-state index is -3.59. The van der Waals surface area contributed by atoms with Crippen LogP contribution in [0.15, 0.2) is 54.6 Å². The molecular formula is C24H24F3NO. The Kier molecular flexibility index (Phi) is 6.64. The average Bonchev–Trinajstić information content (AvgIpc) is 2.72. The van der Waals surface area contributed by atoms with Crippen molar-refractivity contribution in [1.82, 2.24) is 0 Å². The second-order valence-corrected chi connectivity index (χ2v) is 7.52. The van der Waals surface area contributed by atoms with Gasteiger partial charge in [-0.15, -0.1) is 0 Å². The molecule has 0 atom stereocenters. The maximum absolute atomic E-state index is 14.5. The van der Waals surface area contributed by atoms with Crippen LogP contribution >= 0.6 is 0 Å². The smallest absolute Gasteiger partial charge is 0.426 e. The molecule has 5 heteroatoms. The molecule has 0 N–H and O–H groups in total. The predicted octanol–water partition coefficient (Wildman–Crippen LogP) is 7.07. The van der Waals surface area contributed by atoms with Gasteiger partial charge in [0.05, 0.1) is 11.1 Å². The lowest BCUT2D eigenvalue weighted by atomic mass is 9.77. The van der Waals surface area contributed by atoms with Crippen LogP contribution in [0.5, 0.6) is 5.75 Å². The lowest BCUT2D eigenvalue weighted by Gasteiger charge is -2.28. The zero-order valence-corrected chi connectivity index (χ0v) is 16.4. The Morgan fingerprint density at radius 3 is 2.38 bits per heavy atom. The van der Waals surface area contributed by atoms with E-state index in [9.17, 15) is 13.2 Å². The maximum Gasteiger partial charge on any atom is 0.426 e. The van der Waals surface area contributed by atoms with Crippen LogP contribution in [0.25, 0.3) is 0 Å². The van der Waals surface area contributed by atoms with Crippen molar-refractivity contribution in [2.24, 2.45) is 5.92 Å². The van der Waals surface area contributed by atoms with Crippen molar-refractivity contribution >= 4 is 0 Å². The molecule has 29 heavy (non-hydrogen) atoms. The molecule has 0 aliphatic heterocycles. The summed E-state index contributed by atoms with van der Waals surface area (Å²) in [7, 11) is 0. The van der Waals surface area contributed by atoms with Crippen LogP contribution in [0.4, 0.5) is 13.2 Å². The van der Waals surface area contributed by atoms with E-state index in [4.69, 9.17) is 10.00 Å². The fourth-order valence-electron chi connectivity index (χ4n) is 3.87. The Morgan fingerprint density at radius 2 is 1.79 bits per heavy atom. The first-order chi connectivity index (χ1) is 13.9. The summed E-state index contributed by atoms with van der Waals surface area (Å²) in [6.07, 6.45) is 6.25. The Balaban J connectivity index is 1.64. The summed E-state index contributed by atoms with van der Waals surface area (Å²) < 4.78 is 47.3. The molecule has 2 aromatic rings. The molecule has 0 radical (unpaired) electrons. The van der Waals surface area contributed by atoms with Crippen molar-refractivity contribution in [1.29, 1.82) is 5.26 Å². The van der Waals surface area contributed by atoms with Crippen molar-refractivity contribution < 1.29 is 17.9 Å². The first-order valence-electron chi connectivity index (χ1n) is 9.91. The normalized spacial score (nSPS) is 19.8. The van der Waals surface area contributed by atoms with Crippen molar-refractivity contribution in [3.8, 4) is 11.8 Å². The molecule has 2 aromatic carbocycles. The minimum Gasteiger partial charge on any atom is -0.429 e. The van der Waals surface area contributed by atoms with Crippen LogP contribution in [-0.4, -0.2) is 0 Å². The highest BCUT2D eigenvalue weighted by Gasteiger charge is 2.35. The molecule has 0 amide bonds. The third kappa shape index (κ3) is 5.20. The number of hydrogen-bond donors (Lipinski definition) is 0. The predicted molar refractivity (Wildman–Crippen MR) is 106 cm³/mol. The lowest BCUT2D eigenvalue weighted by Crippen LogP contribution is -2.22. The summed E-state index contributed by atoms with van der Waals surface area (Å²) in [6.45, 7) is 2.03. The lowest BCUT2D eigenvalue weighted by molar-refractivity contribution is -0.185. The van der Waals surface area contributed by atoms with Crippen LogP contribution < -0.4 is 4.74 Å². The first kappa shape index (κ1) is 21.0. The number of rotatable bonds is 6. The molecule has 3 rings (SSSR count). The second-order valence-electron chi connectivity index (χ2n) is 7.52. The number of nitriles is 1. The Labute approximate surface area is 169 Å². The number of halogens is 3. The number of ether oxygens (including phenoxy) is 1. The van der Waals surface area contributed by atoms with Gasteiger partial charge in [-0.05, 0) is 80.7 Å². The van der Waals surface area contributed by atoms with Crippen LogP contribution in [0.3, 0.4) is 0 Å². The zero-order chi connectivity index (χ0) is 20.9. The summed E-state index contributed by atoms with van der Waals surface area (Å²) in [5.74, 6) is -0.100. The maximum atomic E-state index is 14.5. The van der Waals surface area contributed by atoms with Crippen molar-refractivity contribution in [2.45, 2.75) is 51.1 Å². The highest BCUT2D eigenvalue weighted by Crippen LogP contribution is 2.38. The van der Waals surface area contributed by atoms with Gasteiger partial charge in [-0.25, -0.2) is 4.39 Å². The number of hydrogen-bond acceptors (Lipinski definition) is 2. The van der Waals surface area contributed by atoms with E-state index < -0.39 is 11.9 Å². The second kappa shape index (κ2) is 9.17. The van der Waals surface area contributed by atoms with E-state index >= 15 is 0 Å². The van der Waals surface area contributed by atoms with Gasteiger partial charge in [0, 0.05) is 6.07 Å². The number of allylic oxidation sites excluding steroid dienone is 2. The van der Waals surface area contributed by atoms with Crippen molar-refractivity contribution in [3.63, 3.8) is 0 Å². The van der Waals surface area contributed by atoms with Crippen molar-refractivity contribution in [3.05, 3.63) is 77.1 Å². The largest absolute Gasteiger partial charge is 0.429 e. The third-order valence-electron chi connectivity index (χ3n) is 5.58. The minimum absolute atomic E-state index is 0.217. The zero-order valence-electron chi connectivity index (χ0n) is 16.4. The molecule has 0 bridgehead atoms. The number of nitrogens with zero attached hydrogens (tertiary/aromatic N) is 1. The van der Waals surface area contributed by atoms with Crippen LogP contribution in [0, 0.1) is 23.1 Å².